The van der Waals surface area contributed by atoms with Gasteiger partial charge < -0.3 is 9.73 Å². The molecule has 0 saturated carbocycles. The van der Waals surface area contributed by atoms with Crippen LogP contribution >= 0.6 is 11.6 Å². The molecular formula is C20H18ClN3O4S. The zero-order valence-electron chi connectivity index (χ0n) is 15.3. The second-order valence-corrected chi connectivity index (χ2v) is 8.97. The summed E-state index contributed by atoms with van der Waals surface area (Å²) in [5, 5.41) is 2.86. The van der Waals surface area contributed by atoms with Gasteiger partial charge in [-0.05, 0) is 43.2 Å². The number of sulfonamides is 1. The zero-order valence-corrected chi connectivity index (χ0v) is 16.9. The summed E-state index contributed by atoms with van der Waals surface area (Å²) in [4.78, 5) is 16.4. The van der Waals surface area contributed by atoms with E-state index in [0.29, 0.717) is 30.1 Å². The van der Waals surface area contributed by atoms with Crippen LogP contribution < -0.4 is 5.32 Å². The molecule has 1 saturated heterocycles. The summed E-state index contributed by atoms with van der Waals surface area (Å²) in [6.45, 7) is 0.958. The summed E-state index contributed by atoms with van der Waals surface area (Å²) >= 11 is 6.15. The molecule has 1 N–H and O–H groups in total. The number of oxazole rings is 1. The fraction of sp³-hybridized carbons (Fsp3) is 0.200. The predicted octanol–water partition coefficient (Wildman–Crippen LogP) is 4.03. The number of hydrogen-bond donors (Lipinski definition) is 1. The minimum absolute atomic E-state index is 0.000432. The summed E-state index contributed by atoms with van der Waals surface area (Å²) in [6.07, 6.45) is 4.59. The highest BCUT2D eigenvalue weighted by Crippen LogP contribution is 2.30. The quantitative estimate of drug-likeness (QED) is 0.658. The Morgan fingerprint density at radius 3 is 2.48 bits per heavy atom. The first-order valence-corrected chi connectivity index (χ1v) is 10.9. The largest absolute Gasteiger partial charge is 0.444 e. The molecule has 1 amide bonds. The van der Waals surface area contributed by atoms with Gasteiger partial charge in [0, 0.05) is 29.9 Å². The Hall–Kier alpha value is -2.68. The van der Waals surface area contributed by atoms with Crippen molar-refractivity contribution in [2.45, 2.75) is 17.7 Å². The van der Waals surface area contributed by atoms with Gasteiger partial charge in [-0.1, -0.05) is 23.7 Å². The molecule has 1 aromatic heterocycles. The molecule has 4 rings (SSSR count). The van der Waals surface area contributed by atoms with Gasteiger partial charge in [0.2, 0.25) is 10.0 Å². The number of hydrogen-bond acceptors (Lipinski definition) is 5. The summed E-state index contributed by atoms with van der Waals surface area (Å²) < 4.78 is 32.3. The first-order chi connectivity index (χ1) is 13.9. The monoisotopic (exact) mass is 431 g/mol. The number of amides is 1. The molecule has 0 unspecified atom stereocenters. The number of rotatable bonds is 5. The van der Waals surface area contributed by atoms with Gasteiger partial charge in [-0.3, -0.25) is 4.79 Å². The van der Waals surface area contributed by atoms with E-state index in [1.807, 2.05) is 0 Å². The Morgan fingerprint density at radius 2 is 1.83 bits per heavy atom. The molecule has 1 aliphatic heterocycles. The van der Waals surface area contributed by atoms with Crippen molar-refractivity contribution in [1.82, 2.24) is 9.29 Å². The second-order valence-electron chi connectivity index (χ2n) is 6.65. The fourth-order valence-corrected chi connectivity index (χ4v) is 5.21. The van der Waals surface area contributed by atoms with Crippen LogP contribution in [0.3, 0.4) is 0 Å². The van der Waals surface area contributed by atoms with E-state index in [1.54, 1.807) is 36.5 Å². The third-order valence-electron chi connectivity index (χ3n) is 4.74. The first-order valence-electron chi connectivity index (χ1n) is 9.05. The topological polar surface area (TPSA) is 92.5 Å². The average Bonchev–Trinajstić information content (AvgIpc) is 3.44. The molecule has 9 heteroatoms. The van der Waals surface area contributed by atoms with Crippen LogP contribution in [-0.4, -0.2) is 36.7 Å². The molecule has 0 aliphatic carbocycles. The maximum Gasteiger partial charge on any atom is 0.255 e. The van der Waals surface area contributed by atoms with Gasteiger partial charge in [0.15, 0.2) is 12.2 Å². The van der Waals surface area contributed by atoms with Crippen molar-refractivity contribution < 1.29 is 17.6 Å². The lowest BCUT2D eigenvalue weighted by atomic mass is 10.1. The molecule has 0 spiro atoms. The van der Waals surface area contributed by atoms with Crippen LogP contribution in [0, 0.1) is 0 Å². The smallest absolute Gasteiger partial charge is 0.255 e. The first kappa shape index (κ1) is 19.6. The lowest BCUT2D eigenvalue weighted by molar-refractivity contribution is 0.102. The van der Waals surface area contributed by atoms with Gasteiger partial charge in [-0.25, -0.2) is 13.4 Å². The molecular weight excluding hydrogens is 414 g/mol. The molecule has 0 radical (unpaired) electrons. The Bertz CT molecular complexity index is 1120. The summed E-state index contributed by atoms with van der Waals surface area (Å²) in [7, 11) is -3.69. The number of anilines is 1. The number of carbonyl (C=O) groups excluding carboxylic acids is 1. The fourth-order valence-electron chi connectivity index (χ4n) is 3.19. The second kappa shape index (κ2) is 7.98. The third-order valence-corrected chi connectivity index (χ3v) is 7.12. The van der Waals surface area contributed by atoms with Gasteiger partial charge in [0.05, 0.1) is 11.2 Å². The lowest BCUT2D eigenvalue weighted by Crippen LogP contribution is -2.28. The van der Waals surface area contributed by atoms with Crippen molar-refractivity contribution in [2.24, 2.45) is 0 Å². The summed E-state index contributed by atoms with van der Waals surface area (Å²) in [6, 6.07) is 11.3. The average molecular weight is 432 g/mol. The summed E-state index contributed by atoms with van der Waals surface area (Å²) in [5.74, 6) is 0.243. The number of halogens is 1. The van der Waals surface area contributed by atoms with Crippen LogP contribution in [0.15, 0.2) is 64.4 Å². The number of nitrogens with one attached hydrogen (secondary N) is 1. The van der Waals surface area contributed by atoms with E-state index in [2.05, 4.69) is 10.3 Å². The molecule has 2 aromatic carbocycles. The number of nitrogens with zero attached hydrogens (tertiary/aromatic N) is 2. The van der Waals surface area contributed by atoms with Gasteiger partial charge in [-0.15, -0.1) is 0 Å². The normalized spacial score (nSPS) is 14.8. The SMILES string of the molecule is O=C(Nc1ccc(Cl)c(S(=O)(=O)N2CCCC2)c1)c1ccc(-c2cnco2)cc1. The van der Waals surface area contributed by atoms with E-state index in [-0.39, 0.29) is 15.8 Å². The highest BCUT2D eigenvalue weighted by molar-refractivity contribution is 7.89. The third kappa shape index (κ3) is 4.05. The Labute approximate surface area is 173 Å². The van der Waals surface area contributed by atoms with Gasteiger partial charge >= 0.3 is 0 Å². The number of carbonyl (C=O) groups is 1. The van der Waals surface area contributed by atoms with Crippen molar-refractivity contribution in [2.75, 3.05) is 18.4 Å². The van der Waals surface area contributed by atoms with E-state index < -0.39 is 10.0 Å². The van der Waals surface area contributed by atoms with Crippen molar-refractivity contribution >= 4 is 33.2 Å². The van der Waals surface area contributed by atoms with Crippen molar-refractivity contribution in [3.63, 3.8) is 0 Å². The van der Waals surface area contributed by atoms with Gasteiger partial charge in [-0.2, -0.15) is 4.31 Å². The van der Waals surface area contributed by atoms with Crippen molar-refractivity contribution in [3.05, 3.63) is 65.6 Å². The van der Waals surface area contributed by atoms with Crippen LogP contribution in [0.1, 0.15) is 23.2 Å². The molecule has 3 aromatic rings. The van der Waals surface area contributed by atoms with Crippen LogP contribution in [-0.2, 0) is 10.0 Å². The van der Waals surface area contributed by atoms with E-state index in [1.165, 1.54) is 22.8 Å². The Kier molecular flexibility index (Phi) is 5.40. The Morgan fingerprint density at radius 1 is 1.10 bits per heavy atom. The zero-order chi connectivity index (χ0) is 20.4. The van der Waals surface area contributed by atoms with Gasteiger partial charge in [0.1, 0.15) is 4.90 Å². The van der Waals surface area contributed by atoms with Crippen molar-refractivity contribution in [3.8, 4) is 11.3 Å². The number of aromatic nitrogens is 1. The van der Waals surface area contributed by atoms with E-state index in [0.717, 1.165) is 18.4 Å². The molecule has 29 heavy (non-hydrogen) atoms. The lowest BCUT2D eigenvalue weighted by Gasteiger charge is -2.17. The van der Waals surface area contributed by atoms with Crippen LogP contribution in [0.4, 0.5) is 5.69 Å². The van der Waals surface area contributed by atoms with E-state index in [4.69, 9.17) is 16.0 Å². The van der Waals surface area contributed by atoms with Crippen LogP contribution in [0.5, 0.6) is 0 Å². The standard InChI is InChI=1S/C20H18ClN3O4S/c21-17-8-7-16(11-19(17)29(26,27)24-9-1-2-10-24)23-20(25)15-5-3-14(4-6-15)18-12-22-13-28-18/h3-8,11-13H,1-2,9-10H2,(H,23,25). The molecule has 1 aliphatic rings. The minimum Gasteiger partial charge on any atom is -0.444 e. The Balaban J connectivity index is 1.54. The molecule has 150 valence electrons. The maximum atomic E-state index is 12.8. The maximum absolute atomic E-state index is 12.8. The van der Waals surface area contributed by atoms with Gasteiger partial charge in [0.25, 0.3) is 5.91 Å². The summed E-state index contributed by atoms with van der Waals surface area (Å²) in [5.41, 5.74) is 1.58. The highest BCUT2D eigenvalue weighted by Gasteiger charge is 2.29. The van der Waals surface area contributed by atoms with Crippen LogP contribution in [0.2, 0.25) is 5.02 Å². The predicted molar refractivity (Wildman–Crippen MR) is 109 cm³/mol. The molecule has 2 heterocycles. The molecule has 0 atom stereocenters. The molecule has 7 nitrogen and oxygen atoms in total. The van der Waals surface area contributed by atoms with E-state index in [9.17, 15) is 13.2 Å². The minimum atomic E-state index is -3.69. The van der Waals surface area contributed by atoms with Crippen molar-refractivity contribution in [1.29, 1.82) is 0 Å². The molecule has 1 fully saturated rings. The highest BCUT2D eigenvalue weighted by atomic mass is 35.5. The van der Waals surface area contributed by atoms with E-state index >= 15 is 0 Å². The molecule has 0 bridgehead atoms. The number of benzene rings is 2. The van der Waals surface area contributed by atoms with Crippen LogP contribution in [0.25, 0.3) is 11.3 Å².